The predicted octanol–water partition coefficient (Wildman–Crippen LogP) is 1.19. The molecule has 1 heterocycles. The van der Waals surface area contributed by atoms with E-state index in [0.717, 1.165) is 12.3 Å². The summed E-state index contributed by atoms with van der Waals surface area (Å²) in [6.45, 7) is -0.00705. The van der Waals surface area contributed by atoms with E-state index in [1.807, 2.05) is 0 Å². The van der Waals surface area contributed by atoms with Gasteiger partial charge in [0.25, 0.3) is 0 Å². The number of hydrogen-bond donors (Lipinski definition) is 3. The molecule has 0 aliphatic carbocycles. The largest absolute Gasteiger partial charge is 0.448 e. The van der Waals surface area contributed by atoms with Gasteiger partial charge in [0.15, 0.2) is 0 Å². The number of primary amides is 1. The highest BCUT2D eigenvalue weighted by molar-refractivity contribution is 5.66. The van der Waals surface area contributed by atoms with E-state index < -0.39 is 18.0 Å². The van der Waals surface area contributed by atoms with E-state index in [9.17, 15) is 18.0 Å². The molecule has 1 rings (SSSR count). The standard InChI is InChI=1S/C9H11F3N4O2/c10-9(11,12)7-3-6(5(13)4-16-7)15-1-2-18-8(14)17/h3-4H,1-2,13H2,(H2,14,17)(H,15,16). The summed E-state index contributed by atoms with van der Waals surface area (Å²) in [7, 11) is 0. The minimum absolute atomic E-state index is 0.0575. The monoisotopic (exact) mass is 264 g/mol. The normalized spacial score (nSPS) is 11.1. The summed E-state index contributed by atoms with van der Waals surface area (Å²) < 4.78 is 41.5. The highest BCUT2D eigenvalue weighted by Crippen LogP contribution is 2.30. The van der Waals surface area contributed by atoms with Gasteiger partial charge in [0.05, 0.1) is 17.6 Å². The Bertz CT molecular complexity index is 436. The Kier molecular flexibility index (Phi) is 4.18. The molecule has 0 unspecified atom stereocenters. The Hall–Kier alpha value is -2.19. The summed E-state index contributed by atoms with van der Waals surface area (Å²) in [4.78, 5) is 13.4. The number of halogens is 3. The number of rotatable bonds is 4. The van der Waals surface area contributed by atoms with E-state index in [1.165, 1.54) is 0 Å². The molecule has 1 amide bonds. The fourth-order valence-electron chi connectivity index (χ4n) is 1.11. The van der Waals surface area contributed by atoms with Crippen LogP contribution in [0.25, 0.3) is 0 Å². The van der Waals surface area contributed by atoms with E-state index in [2.05, 4.69) is 15.0 Å². The van der Waals surface area contributed by atoms with Crippen LogP contribution in [0.1, 0.15) is 5.69 Å². The van der Waals surface area contributed by atoms with E-state index >= 15 is 0 Å². The maximum Gasteiger partial charge on any atom is 0.433 e. The third-order valence-corrected chi connectivity index (χ3v) is 1.89. The van der Waals surface area contributed by atoms with Crippen LogP contribution in [0.4, 0.5) is 29.3 Å². The molecular weight excluding hydrogens is 253 g/mol. The third kappa shape index (κ3) is 4.00. The van der Waals surface area contributed by atoms with Crippen molar-refractivity contribution >= 4 is 17.5 Å². The molecule has 0 atom stereocenters. The van der Waals surface area contributed by atoms with E-state index in [1.54, 1.807) is 0 Å². The molecule has 0 aromatic carbocycles. The quantitative estimate of drug-likeness (QED) is 0.709. The lowest BCUT2D eigenvalue weighted by molar-refractivity contribution is -0.141. The van der Waals surface area contributed by atoms with Gasteiger partial charge in [-0.3, -0.25) is 0 Å². The first-order valence-corrected chi connectivity index (χ1v) is 4.79. The van der Waals surface area contributed by atoms with Crippen molar-refractivity contribution < 1.29 is 22.7 Å². The zero-order chi connectivity index (χ0) is 13.8. The number of aromatic nitrogens is 1. The third-order valence-electron chi connectivity index (χ3n) is 1.89. The summed E-state index contributed by atoms with van der Waals surface area (Å²) in [5, 5.41) is 2.58. The second-order valence-electron chi connectivity index (χ2n) is 3.25. The average molecular weight is 264 g/mol. The Morgan fingerprint density at radius 1 is 1.50 bits per heavy atom. The van der Waals surface area contributed by atoms with Crippen LogP contribution in [0, 0.1) is 0 Å². The first-order valence-electron chi connectivity index (χ1n) is 4.79. The Morgan fingerprint density at radius 2 is 2.17 bits per heavy atom. The number of amides is 1. The predicted molar refractivity (Wildman–Crippen MR) is 57.7 cm³/mol. The fourth-order valence-corrected chi connectivity index (χ4v) is 1.11. The molecule has 0 saturated heterocycles. The molecule has 0 radical (unpaired) electrons. The number of nitrogens with two attached hydrogens (primary N) is 2. The molecule has 5 N–H and O–H groups in total. The second-order valence-corrected chi connectivity index (χ2v) is 3.25. The summed E-state index contributed by atoms with van der Waals surface area (Å²) in [6, 6.07) is 0.777. The molecule has 0 spiro atoms. The molecule has 100 valence electrons. The van der Waals surface area contributed by atoms with Crippen LogP contribution in [-0.4, -0.2) is 24.2 Å². The van der Waals surface area contributed by atoms with Crippen molar-refractivity contribution in [1.29, 1.82) is 0 Å². The highest BCUT2D eigenvalue weighted by atomic mass is 19.4. The molecule has 0 saturated carbocycles. The zero-order valence-electron chi connectivity index (χ0n) is 9.12. The summed E-state index contributed by atoms with van der Waals surface area (Å²) in [5.41, 5.74) is 9.22. The van der Waals surface area contributed by atoms with Crippen LogP contribution in [0.2, 0.25) is 0 Å². The second kappa shape index (κ2) is 5.43. The van der Waals surface area contributed by atoms with Crippen LogP contribution >= 0.6 is 0 Å². The van der Waals surface area contributed by atoms with Gasteiger partial charge in [-0.05, 0) is 6.07 Å². The van der Waals surface area contributed by atoms with Gasteiger partial charge in [0.2, 0.25) is 0 Å². The van der Waals surface area contributed by atoms with Gasteiger partial charge in [-0.15, -0.1) is 0 Å². The van der Waals surface area contributed by atoms with E-state index in [4.69, 9.17) is 11.5 Å². The van der Waals surface area contributed by atoms with Crippen molar-refractivity contribution in [2.24, 2.45) is 5.73 Å². The molecule has 0 aliphatic rings. The molecular formula is C9H11F3N4O2. The number of alkyl halides is 3. The number of nitrogens with zero attached hydrogens (tertiary/aromatic N) is 1. The van der Waals surface area contributed by atoms with E-state index in [0.29, 0.717) is 0 Å². The van der Waals surface area contributed by atoms with Crippen LogP contribution < -0.4 is 16.8 Å². The number of carbonyl (C=O) groups is 1. The van der Waals surface area contributed by atoms with Crippen molar-refractivity contribution in [3.05, 3.63) is 18.0 Å². The number of anilines is 2. The van der Waals surface area contributed by atoms with Crippen molar-refractivity contribution in [3.8, 4) is 0 Å². The number of pyridine rings is 1. The van der Waals surface area contributed by atoms with Crippen LogP contribution in [-0.2, 0) is 10.9 Å². The van der Waals surface area contributed by atoms with Crippen molar-refractivity contribution in [3.63, 3.8) is 0 Å². The minimum Gasteiger partial charge on any atom is -0.448 e. The number of nitrogens with one attached hydrogen (secondary N) is 1. The van der Waals surface area contributed by atoms with Crippen LogP contribution in [0.3, 0.4) is 0 Å². The topological polar surface area (TPSA) is 103 Å². The SMILES string of the molecule is NC(=O)OCCNc1cc(C(F)(F)F)ncc1N. The number of carbonyl (C=O) groups excluding carboxylic acids is 1. The molecule has 1 aromatic rings. The lowest BCUT2D eigenvalue weighted by Crippen LogP contribution is -2.19. The van der Waals surface area contributed by atoms with E-state index in [-0.39, 0.29) is 24.5 Å². The summed E-state index contributed by atoms with van der Waals surface area (Å²) in [6.07, 6.45) is -4.61. The van der Waals surface area contributed by atoms with Crippen LogP contribution in [0.5, 0.6) is 0 Å². The van der Waals surface area contributed by atoms with Gasteiger partial charge in [-0.25, -0.2) is 9.78 Å². The zero-order valence-corrected chi connectivity index (χ0v) is 9.12. The number of ether oxygens (including phenoxy) is 1. The summed E-state index contributed by atoms with van der Waals surface area (Å²) >= 11 is 0. The smallest absolute Gasteiger partial charge is 0.433 e. The van der Waals surface area contributed by atoms with Gasteiger partial charge in [-0.1, -0.05) is 0 Å². The van der Waals surface area contributed by atoms with Crippen molar-refractivity contribution in [2.75, 3.05) is 24.2 Å². The Labute approximate surface area is 100 Å². The number of nitrogen functional groups attached to an aromatic ring is 1. The van der Waals surface area contributed by atoms with Crippen molar-refractivity contribution in [1.82, 2.24) is 4.98 Å². The average Bonchev–Trinajstić information content (AvgIpc) is 2.24. The minimum atomic E-state index is -4.55. The molecule has 1 aromatic heterocycles. The maximum atomic E-state index is 12.4. The van der Waals surface area contributed by atoms with Gasteiger partial charge in [-0.2, -0.15) is 13.2 Å². The van der Waals surface area contributed by atoms with Crippen molar-refractivity contribution in [2.45, 2.75) is 6.18 Å². The number of hydrogen-bond acceptors (Lipinski definition) is 5. The fraction of sp³-hybridized carbons (Fsp3) is 0.333. The van der Waals surface area contributed by atoms with Gasteiger partial charge in [0, 0.05) is 6.54 Å². The molecule has 0 bridgehead atoms. The Balaban J connectivity index is 2.67. The maximum absolute atomic E-state index is 12.4. The van der Waals surface area contributed by atoms with Gasteiger partial charge in [0.1, 0.15) is 12.3 Å². The molecule has 9 heteroatoms. The first kappa shape index (κ1) is 13.9. The molecule has 0 aliphatic heterocycles. The molecule has 6 nitrogen and oxygen atoms in total. The highest BCUT2D eigenvalue weighted by Gasteiger charge is 2.32. The Morgan fingerprint density at radius 3 is 2.72 bits per heavy atom. The summed E-state index contributed by atoms with van der Waals surface area (Å²) in [5.74, 6) is 0. The molecule has 18 heavy (non-hydrogen) atoms. The van der Waals surface area contributed by atoms with Gasteiger partial charge < -0.3 is 21.5 Å². The lowest BCUT2D eigenvalue weighted by Gasteiger charge is -2.12. The first-order chi connectivity index (χ1) is 8.30. The van der Waals surface area contributed by atoms with Gasteiger partial charge >= 0.3 is 12.3 Å². The molecule has 0 fully saturated rings. The lowest BCUT2D eigenvalue weighted by atomic mass is 10.2. The van der Waals surface area contributed by atoms with Crippen LogP contribution in [0.15, 0.2) is 12.3 Å².